The van der Waals surface area contributed by atoms with Crippen molar-refractivity contribution in [1.82, 2.24) is 0 Å². The van der Waals surface area contributed by atoms with Crippen LogP contribution in [0.2, 0.25) is 0 Å². The molecule has 1 heterocycles. The fourth-order valence-corrected chi connectivity index (χ4v) is 3.75. The van der Waals surface area contributed by atoms with Crippen LogP contribution in [0.15, 0.2) is 92.4 Å². The van der Waals surface area contributed by atoms with Crippen LogP contribution in [-0.4, -0.2) is 11.7 Å². The first-order valence-corrected chi connectivity index (χ1v) is 10.0. The maximum absolute atomic E-state index is 14.5. The van der Waals surface area contributed by atoms with Gasteiger partial charge in [-0.05, 0) is 54.1 Å². The van der Waals surface area contributed by atoms with Crippen LogP contribution < -0.4 is 4.90 Å². The van der Waals surface area contributed by atoms with Crippen molar-refractivity contribution in [2.45, 2.75) is 0 Å². The topological polar surface area (TPSA) is 32.7 Å². The normalized spacial score (nSPS) is 15.2. The fraction of sp³-hybridized carbons (Fsp3) is 0. The Morgan fingerprint density at radius 2 is 1.61 bits per heavy atom. The van der Waals surface area contributed by atoms with Crippen LogP contribution in [0.5, 0.6) is 0 Å². The number of carbonyl (C=O) groups is 1. The predicted octanol–water partition coefficient (Wildman–Crippen LogP) is 6.19. The van der Waals surface area contributed by atoms with Gasteiger partial charge in [-0.1, -0.05) is 62.2 Å². The van der Waals surface area contributed by atoms with Crippen molar-refractivity contribution < 1.29 is 9.18 Å². The summed E-state index contributed by atoms with van der Waals surface area (Å²) in [5.74, 6) is -0.475. The Kier molecular flexibility index (Phi) is 5.24. The minimum Gasteiger partial charge on any atom is -0.266 e. The van der Waals surface area contributed by atoms with Crippen LogP contribution in [0.4, 0.5) is 10.1 Å². The van der Waals surface area contributed by atoms with Gasteiger partial charge in [0.25, 0.3) is 5.91 Å². The van der Waals surface area contributed by atoms with E-state index in [0.717, 1.165) is 14.5 Å². The van der Waals surface area contributed by atoms with Gasteiger partial charge in [0.15, 0.2) is 5.84 Å². The van der Waals surface area contributed by atoms with Crippen LogP contribution >= 0.6 is 31.9 Å². The first kappa shape index (κ1) is 18.8. The number of hydrogen-bond acceptors (Lipinski definition) is 2. The number of benzene rings is 3. The highest BCUT2D eigenvalue weighted by molar-refractivity contribution is 9.10. The van der Waals surface area contributed by atoms with E-state index in [1.54, 1.807) is 36.4 Å². The lowest BCUT2D eigenvalue weighted by molar-refractivity contribution is -0.113. The molecular weight excluding hydrogens is 487 g/mol. The molecule has 3 aromatic carbocycles. The second-order valence-electron chi connectivity index (χ2n) is 6.12. The molecule has 0 atom stereocenters. The molecule has 4 rings (SSSR count). The van der Waals surface area contributed by atoms with Gasteiger partial charge in [-0.3, -0.25) is 9.69 Å². The van der Waals surface area contributed by atoms with E-state index in [0.29, 0.717) is 5.69 Å². The summed E-state index contributed by atoms with van der Waals surface area (Å²) in [4.78, 5) is 19.1. The zero-order chi connectivity index (χ0) is 19.7. The van der Waals surface area contributed by atoms with Crippen molar-refractivity contribution in [2.24, 2.45) is 4.99 Å². The Balaban J connectivity index is 1.87. The molecule has 3 nitrogen and oxygen atoms in total. The quantitative estimate of drug-likeness (QED) is 0.396. The predicted molar refractivity (Wildman–Crippen MR) is 117 cm³/mol. The lowest BCUT2D eigenvalue weighted by atomic mass is 10.1. The van der Waals surface area contributed by atoms with E-state index >= 15 is 0 Å². The lowest BCUT2D eigenvalue weighted by Crippen LogP contribution is -2.33. The summed E-state index contributed by atoms with van der Waals surface area (Å²) in [6, 6.07) is 21.1. The van der Waals surface area contributed by atoms with Crippen LogP contribution in [-0.2, 0) is 4.79 Å². The van der Waals surface area contributed by atoms with Gasteiger partial charge in [0.2, 0.25) is 0 Å². The average molecular weight is 500 g/mol. The number of amides is 1. The molecule has 0 saturated carbocycles. The molecule has 0 unspecified atom stereocenters. The average Bonchev–Trinajstić information content (AvgIpc) is 2.98. The smallest absolute Gasteiger partial charge is 0.266 e. The van der Waals surface area contributed by atoms with Crippen LogP contribution in [0, 0.1) is 5.82 Å². The monoisotopic (exact) mass is 498 g/mol. The van der Waals surface area contributed by atoms with Gasteiger partial charge >= 0.3 is 0 Å². The van der Waals surface area contributed by atoms with E-state index in [4.69, 9.17) is 0 Å². The highest BCUT2D eigenvalue weighted by Crippen LogP contribution is 2.30. The summed E-state index contributed by atoms with van der Waals surface area (Å²) < 4.78 is 16.2. The molecule has 1 amide bonds. The third-order valence-electron chi connectivity index (χ3n) is 4.19. The molecule has 6 heteroatoms. The van der Waals surface area contributed by atoms with Gasteiger partial charge in [-0.15, -0.1) is 0 Å². The van der Waals surface area contributed by atoms with Crippen molar-refractivity contribution >= 4 is 55.4 Å². The summed E-state index contributed by atoms with van der Waals surface area (Å²) in [7, 11) is 0. The maximum atomic E-state index is 14.5. The molecule has 0 saturated heterocycles. The molecule has 1 aliphatic heterocycles. The lowest BCUT2D eigenvalue weighted by Gasteiger charge is -2.19. The third-order valence-corrected chi connectivity index (χ3v) is 5.18. The summed E-state index contributed by atoms with van der Waals surface area (Å²) in [5, 5.41) is 0. The van der Waals surface area contributed by atoms with Gasteiger partial charge in [0, 0.05) is 8.95 Å². The second kappa shape index (κ2) is 7.81. The van der Waals surface area contributed by atoms with Crippen molar-refractivity contribution in [2.75, 3.05) is 4.90 Å². The molecular formula is C22H13Br2FN2O. The van der Waals surface area contributed by atoms with Gasteiger partial charge in [-0.25, -0.2) is 9.38 Å². The van der Waals surface area contributed by atoms with Gasteiger partial charge in [-0.2, -0.15) is 0 Å². The molecule has 28 heavy (non-hydrogen) atoms. The Morgan fingerprint density at radius 3 is 2.32 bits per heavy atom. The molecule has 0 fully saturated rings. The Labute approximate surface area is 178 Å². The molecule has 1 aliphatic rings. The first-order chi connectivity index (χ1) is 13.5. The Bertz CT molecular complexity index is 1140. The van der Waals surface area contributed by atoms with E-state index in [1.807, 2.05) is 36.4 Å². The van der Waals surface area contributed by atoms with Crippen LogP contribution in [0.1, 0.15) is 11.1 Å². The summed E-state index contributed by atoms with van der Waals surface area (Å²) >= 11 is 6.85. The molecule has 0 spiro atoms. The van der Waals surface area contributed by atoms with Crippen molar-refractivity contribution in [3.8, 4) is 0 Å². The number of carbonyl (C=O) groups excluding carboxylic acids is 1. The number of anilines is 1. The minimum absolute atomic E-state index is 0.247. The summed E-state index contributed by atoms with van der Waals surface area (Å²) in [6.07, 6.45) is 1.70. The molecule has 0 N–H and O–H groups in total. The zero-order valence-corrected chi connectivity index (χ0v) is 17.6. The van der Waals surface area contributed by atoms with Crippen LogP contribution in [0.3, 0.4) is 0 Å². The van der Waals surface area contributed by atoms with E-state index in [2.05, 4.69) is 36.9 Å². The van der Waals surface area contributed by atoms with Gasteiger partial charge in [0.05, 0.1) is 11.3 Å². The maximum Gasteiger partial charge on any atom is 0.282 e. The number of hydrogen-bond donors (Lipinski definition) is 0. The highest BCUT2D eigenvalue weighted by Gasteiger charge is 2.33. The van der Waals surface area contributed by atoms with E-state index < -0.39 is 5.82 Å². The standard InChI is InChI=1S/C22H13Br2FN2O/c23-15-6-3-5-14(11-15)12-20-22(28)27(17-8-4-7-16(24)13-17)21(26-20)18-9-1-2-10-19(18)25/h1-13H/b20-12+. The van der Waals surface area contributed by atoms with Crippen LogP contribution in [0.25, 0.3) is 6.08 Å². The van der Waals surface area contributed by atoms with E-state index in [9.17, 15) is 9.18 Å². The van der Waals surface area contributed by atoms with E-state index in [1.165, 1.54) is 11.0 Å². The molecule has 0 bridgehead atoms. The SMILES string of the molecule is O=C1/C(=C\c2cccc(Br)c2)N=C(c2ccccc2F)N1c1cccc(Br)c1. The van der Waals surface area contributed by atoms with Crippen molar-refractivity contribution in [3.63, 3.8) is 0 Å². The number of aliphatic imine (C=N–C) groups is 1. The molecule has 138 valence electrons. The van der Waals surface area contributed by atoms with Crippen molar-refractivity contribution in [1.29, 1.82) is 0 Å². The molecule has 0 aromatic heterocycles. The minimum atomic E-state index is -0.433. The third kappa shape index (κ3) is 3.70. The summed E-state index contributed by atoms with van der Waals surface area (Å²) in [6.45, 7) is 0. The van der Waals surface area contributed by atoms with E-state index in [-0.39, 0.29) is 23.0 Å². The number of halogens is 3. The molecule has 3 aromatic rings. The zero-order valence-electron chi connectivity index (χ0n) is 14.4. The second-order valence-corrected chi connectivity index (χ2v) is 7.95. The van der Waals surface area contributed by atoms with Gasteiger partial charge < -0.3 is 0 Å². The Hall–Kier alpha value is -2.57. The number of nitrogens with zero attached hydrogens (tertiary/aromatic N) is 2. The van der Waals surface area contributed by atoms with Crippen molar-refractivity contribution in [3.05, 3.63) is 104 Å². The fourth-order valence-electron chi connectivity index (χ4n) is 2.95. The number of amidine groups is 1. The molecule has 0 radical (unpaired) electrons. The largest absolute Gasteiger partial charge is 0.282 e. The first-order valence-electron chi connectivity index (χ1n) is 8.44. The highest BCUT2D eigenvalue weighted by atomic mass is 79.9. The van der Waals surface area contributed by atoms with Gasteiger partial charge in [0.1, 0.15) is 11.5 Å². The Morgan fingerprint density at radius 1 is 0.893 bits per heavy atom. The molecule has 0 aliphatic carbocycles. The number of rotatable bonds is 3. The summed E-state index contributed by atoms with van der Waals surface area (Å²) in [5.41, 5.74) is 1.95.